The largest absolute Gasteiger partial charge is 0.497 e. The van der Waals surface area contributed by atoms with Crippen molar-refractivity contribution in [3.05, 3.63) is 29.8 Å². The molecule has 1 aromatic rings. The van der Waals surface area contributed by atoms with Crippen LogP contribution in [0.4, 0.5) is 0 Å². The van der Waals surface area contributed by atoms with Crippen LogP contribution in [0, 0.1) is 12.3 Å². The summed E-state index contributed by atoms with van der Waals surface area (Å²) in [6, 6.07) is 8.53. The van der Waals surface area contributed by atoms with Gasteiger partial charge < -0.3 is 10.1 Å². The van der Waals surface area contributed by atoms with Gasteiger partial charge in [0.05, 0.1) is 13.7 Å². The lowest BCUT2D eigenvalue weighted by Gasteiger charge is -2.20. The summed E-state index contributed by atoms with van der Waals surface area (Å²) >= 11 is 0. The third-order valence-corrected chi connectivity index (χ3v) is 2.92. The maximum absolute atomic E-state index is 5.22. The van der Waals surface area contributed by atoms with Crippen molar-refractivity contribution in [1.29, 1.82) is 0 Å². The van der Waals surface area contributed by atoms with Gasteiger partial charge in [-0.15, -0.1) is 6.42 Å². The fourth-order valence-electron chi connectivity index (χ4n) is 1.59. The molecule has 0 amide bonds. The molecule has 1 rings (SSSR count). The highest BCUT2D eigenvalue weighted by atomic mass is 16.5. The van der Waals surface area contributed by atoms with Gasteiger partial charge in [-0.25, -0.2) is 0 Å². The average molecular weight is 217 g/mol. The molecule has 16 heavy (non-hydrogen) atoms. The zero-order valence-electron chi connectivity index (χ0n) is 10.2. The van der Waals surface area contributed by atoms with Crippen LogP contribution in [0.5, 0.6) is 5.75 Å². The van der Waals surface area contributed by atoms with E-state index < -0.39 is 0 Å². The Morgan fingerprint density at radius 2 is 1.94 bits per heavy atom. The fourth-order valence-corrected chi connectivity index (χ4v) is 1.59. The minimum absolute atomic E-state index is 0.365. The van der Waals surface area contributed by atoms with Crippen LogP contribution in [0.3, 0.4) is 0 Å². The first kappa shape index (κ1) is 12.6. The van der Waals surface area contributed by atoms with Gasteiger partial charge in [0.25, 0.3) is 0 Å². The molecule has 0 spiro atoms. The van der Waals surface area contributed by atoms with Crippen molar-refractivity contribution >= 4 is 0 Å². The van der Waals surface area contributed by atoms with E-state index in [2.05, 4.69) is 37.2 Å². The van der Waals surface area contributed by atoms with Crippen LogP contribution < -0.4 is 10.1 Å². The number of nitrogens with one attached hydrogen (secondary N) is 1. The van der Waals surface area contributed by atoms with Crippen LogP contribution in [0.25, 0.3) is 0 Å². The van der Waals surface area contributed by atoms with Crippen molar-refractivity contribution in [3.63, 3.8) is 0 Å². The molecular formula is C14H19NO. The van der Waals surface area contributed by atoms with E-state index >= 15 is 0 Å². The van der Waals surface area contributed by atoms with Gasteiger partial charge in [-0.2, -0.15) is 0 Å². The molecule has 0 fully saturated rings. The Labute approximate surface area is 98.0 Å². The molecular weight excluding hydrogens is 198 g/mol. The SMILES string of the molecule is C#CCNC(C)C(C)c1ccc(OC)cc1. The smallest absolute Gasteiger partial charge is 0.118 e. The van der Waals surface area contributed by atoms with Crippen molar-refractivity contribution in [2.45, 2.75) is 25.8 Å². The highest BCUT2D eigenvalue weighted by molar-refractivity contribution is 5.29. The number of benzene rings is 1. The second-order valence-corrected chi connectivity index (χ2v) is 3.94. The van der Waals surface area contributed by atoms with Crippen molar-refractivity contribution in [3.8, 4) is 18.1 Å². The summed E-state index contributed by atoms with van der Waals surface area (Å²) in [4.78, 5) is 0. The Morgan fingerprint density at radius 3 is 2.44 bits per heavy atom. The third kappa shape index (κ3) is 3.29. The normalized spacial score (nSPS) is 13.9. The number of methoxy groups -OCH3 is 1. The Balaban J connectivity index is 2.65. The summed E-state index contributed by atoms with van der Waals surface area (Å²) < 4.78 is 5.13. The predicted molar refractivity (Wildman–Crippen MR) is 67.7 cm³/mol. The summed E-state index contributed by atoms with van der Waals surface area (Å²) in [5, 5.41) is 3.29. The summed E-state index contributed by atoms with van der Waals surface area (Å²) in [5.74, 6) is 3.91. The minimum atomic E-state index is 0.365. The number of hydrogen-bond donors (Lipinski definition) is 1. The number of terminal acetylenes is 1. The van der Waals surface area contributed by atoms with E-state index in [1.165, 1.54) is 5.56 Å². The summed E-state index contributed by atoms with van der Waals surface area (Å²) in [6.45, 7) is 4.95. The summed E-state index contributed by atoms with van der Waals surface area (Å²) in [5.41, 5.74) is 1.29. The van der Waals surface area contributed by atoms with Crippen LogP contribution >= 0.6 is 0 Å². The quantitative estimate of drug-likeness (QED) is 0.765. The molecule has 86 valence electrons. The molecule has 0 aromatic heterocycles. The highest BCUT2D eigenvalue weighted by Gasteiger charge is 2.13. The molecule has 0 aliphatic heterocycles. The van der Waals surface area contributed by atoms with Crippen molar-refractivity contribution < 1.29 is 4.74 Å². The summed E-state index contributed by atoms with van der Waals surface area (Å²) in [7, 11) is 1.68. The van der Waals surface area contributed by atoms with Gasteiger partial charge in [0, 0.05) is 6.04 Å². The van der Waals surface area contributed by atoms with E-state index in [4.69, 9.17) is 11.2 Å². The van der Waals surface area contributed by atoms with Crippen molar-refractivity contribution in [2.75, 3.05) is 13.7 Å². The first-order chi connectivity index (χ1) is 7.69. The molecule has 1 aromatic carbocycles. The highest BCUT2D eigenvalue weighted by Crippen LogP contribution is 2.21. The van der Waals surface area contributed by atoms with Gasteiger partial charge in [-0.1, -0.05) is 25.0 Å². The van der Waals surface area contributed by atoms with Crippen LogP contribution in [0.2, 0.25) is 0 Å². The van der Waals surface area contributed by atoms with Crippen LogP contribution in [-0.4, -0.2) is 19.7 Å². The number of ether oxygens (including phenoxy) is 1. The van der Waals surface area contributed by atoms with Gasteiger partial charge in [0.2, 0.25) is 0 Å². The van der Waals surface area contributed by atoms with Gasteiger partial charge in [-0.3, -0.25) is 0 Å². The molecule has 2 atom stereocenters. The Bertz CT molecular complexity index is 350. The Morgan fingerprint density at radius 1 is 1.31 bits per heavy atom. The Hall–Kier alpha value is -1.46. The summed E-state index contributed by atoms with van der Waals surface area (Å²) in [6.07, 6.45) is 5.22. The van der Waals surface area contributed by atoms with Crippen LogP contribution in [-0.2, 0) is 0 Å². The Kier molecular flexibility index (Phi) is 4.88. The zero-order chi connectivity index (χ0) is 12.0. The van der Waals surface area contributed by atoms with E-state index in [0.717, 1.165) is 5.75 Å². The van der Waals surface area contributed by atoms with Crippen molar-refractivity contribution in [2.24, 2.45) is 0 Å². The molecule has 2 unspecified atom stereocenters. The van der Waals surface area contributed by atoms with Gasteiger partial charge in [0.15, 0.2) is 0 Å². The van der Waals surface area contributed by atoms with Crippen LogP contribution in [0.1, 0.15) is 25.3 Å². The topological polar surface area (TPSA) is 21.3 Å². The average Bonchev–Trinajstić information content (AvgIpc) is 2.35. The second-order valence-electron chi connectivity index (χ2n) is 3.94. The second kappa shape index (κ2) is 6.19. The first-order valence-electron chi connectivity index (χ1n) is 5.49. The molecule has 0 saturated heterocycles. The molecule has 0 aliphatic rings. The first-order valence-corrected chi connectivity index (χ1v) is 5.49. The predicted octanol–water partition coefficient (Wildman–Crippen LogP) is 2.41. The number of rotatable bonds is 5. The molecule has 0 heterocycles. The lowest BCUT2D eigenvalue weighted by atomic mass is 9.94. The standard InChI is InChI=1S/C14H19NO/c1-5-10-15-12(3)11(2)13-6-8-14(16-4)9-7-13/h1,6-9,11-12,15H,10H2,2-4H3. The van der Waals surface area contributed by atoms with E-state index in [-0.39, 0.29) is 0 Å². The van der Waals surface area contributed by atoms with E-state index in [1.54, 1.807) is 7.11 Å². The van der Waals surface area contributed by atoms with Crippen molar-refractivity contribution in [1.82, 2.24) is 5.32 Å². The molecule has 2 nitrogen and oxygen atoms in total. The lowest BCUT2D eigenvalue weighted by Crippen LogP contribution is -2.31. The van der Waals surface area contributed by atoms with E-state index in [1.807, 2.05) is 12.1 Å². The van der Waals surface area contributed by atoms with Gasteiger partial charge in [-0.05, 0) is 30.5 Å². The maximum atomic E-state index is 5.22. The molecule has 0 radical (unpaired) electrons. The number of hydrogen-bond acceptors (Lipinski definition) is 2. The third-order valence-electron chi connectivity index (χ3n) is 2.92. The van der Waals surface area contributed by atoms with E-state index in [9.17, 15) is 0 Å². The molecule has 2 heteroatoms. The minimum Gasteiger partial charge on any atom is -0.497 e. The van der Waals surface area contributed by atoms with E-state index in [0.29, 0.717) is 18.5 Å². The molecule has 0 saturated carbocycles. The van der Waals surface area contributed by atoms with Crippen LogP contribution in [0.15, 0.2) is 24.3 Å². The molecule has 0 aliphatic carbocycles. The van der Waals surface area contributed by atoms with Gasteiger partial charge in [0.1, 0.15) is 5.75 Å². The lowest BCUT2D eigenvalue weighted by molar-refractivity contribution is 0.414. The molecule has 1 N–H and O–H groups in total. The zero-order valence-corrected chi connectivity index (χ0v) is 10.2. The van der Waals surface area contributed by atoms with Gasteiger partial charge >= 0.3 is 0 Å². The maximum Gasteiger partial charge on any atom is 0.118 e. The monoisotopic (exact) mass is 217 g/mol. The fraction of sp³-hybridized carbons (Fsp3) is 0.429. The molecule has 0 bridgehead atoms.